The van der Waals surface area contributed by atoms with E-state index in [1.54, 1.807) is 19.2 Å². The van der Waals surface area contributed by atoms with E-state index >= 15 is 0 Å². The molecule has 6 heteroatoms. The number of carbonyl (C=O) groups is 1. The molecule has 1 aromatic heterocycles. The predicted octanol–water partition coefficient (Wildman–Crippen LogP) is 0.295. The summed E-state index contributed by atoms with van der Waals surface area (Å²) in [7, 11) is 0. The Morgan fingerprint density at radius 3 is 3.16 bits per heavy atom. The van der Waals surface area contributed by atoms with Crippen LogP contribution in [0.5, 0.6) is 0 Å². The number of carbonyl (C=O) groups excluding carboxylic acids is 1. The number of piperazine rings is 1. The summed E-state index contributed by atoms with van der Waals surface area (Å²) in [5.41, 5.74) is 1.20. The van der Waals surface area contributed by atoms with Gasteiger partial charge in [0, 0.05) is 19.6 Å². The fraction of sp³-hybridized carbons (Fsp3) is 0.462. The van der Waals surface area contributed by atoms with E-state index in [0.717, 1.165) is 12.2 Å². The van der Waals surface area contributed by atoms with Crippen LogP contribution in [0.15, 0.2) is 18.3 Å². The lowest BCUT2D eigenvalue weighted by molar-refractivity contribution is -0.144. The standard InChI is InChI=1S/C13H16N4O2/c1-2-19-13(18)12-9-15-5-6-17(12)11-4-3-10(7-14)16-8-11/h3-4,8,12,15H,2,5-6,9H2,1H3. The van der Waals surface area contributed by atoms with Crippen molar-refractivity contribution in [1.82, 2.24) is 10.3 Å². The van der Waals surface area contributed by atoms with Gasteiger partial charge in [0.25, 0.3) is 0 Å². The highest BCUT2D eigenvalue weighted by Gasteiger charge is 2.30. The Morgan fingerprint density at radius 2 is 2.53 bits per heavy atom. The molecular formula is C13H16N4O2. The SMILES string of the molecule is CCOC(=O)C1CNCCN1c1ccc(C#N)nc1. The molecule has 19 heavy (non-hydrogen) atoms. The molecule has 1 aromatic rings. The Morgan fingerprint density at radius 1 is 1.68 bits per heavy atom. The number of aromatic nitrogens is 1. The molecule has 6 nitrogen and oxygen atoms in total. The third kappa shape index (κ3) is 3.01. The minimum Gasteiger partial charge on any atom is -0.464 e. The molecule has 1 N–H and O–H groups in total. The number of esters is 1. The van der Waals surface area contributed by atoms with E-state index in [9.17, 15) is 4.79 Å². The molecule has 0 amide bonds. The summed E-state index contributed by atoms with van der Waals surface area (Å²) < 4.78 is 5.08. The number of pyridine rings is 1. The first-order chi connectivity index (χ1) is 9.26. The number of nitrogens with zero attached hydrogens (tertiary/aromatic N) is 3. The Balaban J connectivity index is 2.18. The quantitative estimate of drug-likeness (QED) is 0.787. The van der Waals surface area contributed by atoms with Gasteiger partial charge in [-0.3, -0.25) is 0 Å². The molecule has 0 bridgehead atoms. The zero-order chi connectivity index (χ0) is 13.7. The first kappa shape index (κ1) is 13.3. The Kier molecular flexibility index (Phi) is 4.31. The second-order valence-electron chi connectivity index (χ2n) is 4.18. The number of nitriles is 1. The monoisotopic (exact) mass is 260 g/mol. The van der Waals surface area contributed by atoms with Gasteiger partial charge in [0.15, 0.2) is 0 Å². The van der Waals surface area contributed by atoms with E-state index in [1.807, 2.05) is 17.0 Å². The molecule has 1 aliphatic heterocycles. The molecule has 2 rings (SSSR count). The van der Waals surface area contributed by atoms with Gasteiger partial charge in [0.1, 0.15) is 17.8 Å². The number of hydrogen-bond donors (Lipinski definition) is 1. The molecule has 1 unspecified atom stereocenters. The van der Waals surface area contributed by atoms with Gasteiger partial charge in [0.05, 0.1) is 18.5 Å². The first-order valence-corrected chi connectivity index (χ1v) is 6.26. The van der Waals surface area contributed by atoms with Gasteiger partial charge < -0.3 is 15.0 Å². The van der Waals surface area contributed by atoms with Gasteiger partial charge in [-0.25, -0.2) is 9.78 Å². The normalized spacial score (nSPS) is 18.7. The lowest BCUT2D eigenvalue weighted by atomic mass is 10.1. The summed E-state index contributed by atoms with van der Waals surface area (Å²) in [4.78, 5) is 17.9. The van der Waals surface area contributed by atoms with Crippen LogP contribution in [0.3, 0.4) is 0 Å². The summed E-state index contributed by atoms with van der Waals surface area (Å²) in [6.45, 7) is 4.22. The van der Waals surface area contributed by atoms with E-state index in [-0.39, 0.29) is 12.0 Å². The number of ether oxygens (including phenoxy) is 1. The molecule has 100 valence electrons. The van der Waals surface area contributed by atoms with Crippen LogP contribution < -0.4 is 10.2 Å². The maximum absolute atomic E-state index is 11.9. The molecule has 1 saturated heterocycles. The van der Waals surface area contributed by atoms with E-state index in [4.69, 9.17) is 10.00 Å². The van der Waals surface area contributed by atoms with Crippen molar-refractivity contribution in [2.75, 3.05) is 31.1 Å². The molecule has 1 fully saturated rings. The molecule has 0 spiro atoms. The van der Waals surface area contributed by atoms with Crippen LogP contribution in [0.25, 0.3) is 0 Å². The number of hydrogen-bond acceptors (Lipinski definition) is 6. The highest BCUT2D eigenvalue weighted by Crippen LogP contribution is 2.18. The van der Waals surface area contributed by atoms with Gasteiger partial charge in [-0.15, -0.1) is 0 Å². The minimum atomic E-state index is -0.344. The molecule has 1 atom stereocenters. The maximum atomic E-state index is 11.9. The average Bonchev–Trinajstić information content (AvgIpc) is 2.47. The number of nitrogens with one attached hydrogen (secondary N) is 1. The van der Waals surface area contributed by atoms with Crippen LogP contribution >= 0.6 is 0 Å². The van der Waals surface area contributed by atoms with Crippen molar-refractivity contribution in [2.45, 2.75) is 13.0 Å². The molecule has 0 radical (unpaired) electrons. The van der Waals surface area contributed by atoms with Crippen molar-refractivity contribution in [3.05, 3.63) is 24.0 Å². The lowest BCUT2D eigenvalue weighted by Gasteiger charge is -2.35. The van der Waals surface area contributed by atoms with Gasteiger partial charge in [-0.05, 0) is 19.1 Å². The van der Waals surface area contributed by atoms with E-state index in [1.165, 1.54) is 0 Å². The van der Waals surface area contributed by atoms with E-state index in [0.29, 0.717) is 25.4 Å². The molecule has 0 aliphatic carbocycles. The second kappa shape index (κ2) is 6.16. The maximum Gasteiger partial charge on any atom is 0.330 e. The topological polar surface area (TPSA) is 78.2 Å². The lowest BCUT2D eigenvalue weighted by Crippen LogP contribution is -2.55. The van der Waals surface area contributed by atoms with Crippen LogP contribution in [0, 0.1) is 11.3 Å². The highest BCUT2D eigenvalue weighted by molar-refractivity contribution is 5.80. The Hall–Kier alpha value is -2.13. The largest absolute Gasteiger partial charge is 0.464 e. The first-order valence-electron chi connectivity index (χ1n) is 6.26. The minimum absolute atomic E-state index is 0.237. The van der Waals surface area contributed by atoms with E-state index < -0.39 is 0 Å². The summed E-state index contributed by atoms with van der Waals surface area (Å²) in [5, 5.41) is 11.9. The summed E-state index contributed by atoms with van der Waals surface area (Å²) in [6.07, 6.45) is 1.62. The van der Waals surface area contributed by atoms with Crippen LogP contribution in [0.2, 0.25) is 0 Å². The van der Waals surface area contributed by atoms with Crippen LogP contribution in [0.1, 0.15) is 12.6 Å². The van der Waals surface area contributed by atoms with E-state index in [2.05, 4.69) is 10.3 Å². The van der Waals surface area contributed by atoms with Crippen molar-refractivity contribution in [1.29, 1.82) is 5.26 Å². The number of rotatable bonds is 3. The van der Waals surface area contributed by atoms with Crippen molar-refractivity contribution in [3.8, 4) is 6.07 Å². The average molecular weight is 260 g/mol. The van der Waals surface area contributed by atoms with Crippen LogP contribution in [-0.4, -0.2) is 43.2 Å². The van der Waals surface area contributed by atoms with Crippen molar-refractivity contribution in [2.24, 2.45) is 0 Å². The van der Waals surface area contributed by atoms with Crippen molar-refractivity contribution in [3.63, 3.8) is 0 Å². The van der Waals surface area contributed by atoms with Crippen LogP contribution in [-0.2, 0) is 9.53 Å². The second-order valence-corrected chi connectivity index (χ2v) is 4.18. The molecule has 1 aliphatic rings. The summed E-state index contributed by atoms with van der Waals surface area (Å²) in [5.74, 6) is -0.237. The highest BCUT2D eigenvalue weighted by atomic mass is 16.5. The molecular weight excluding hydrogens is 244 g/mol. The fourth-order valence-electron chi connectivity index (χ4n) is 2.08. The molecule has 2 heterocycles. The third-order valence-electron chi connectivity index (χ3n) is 3.00. The number of anilines is 1. The zero-order valence-corrected chi connectivity index (χ0v) is 10.8. The van der Waals surface area contributed by atoms with Crippen molar-refractivity contribution < 1.29 is 9.53 Å². The van der Waals surface area contributed by atoms with Crippen LogP contribution in [0.4, 0.5) is 5.69 Å². The predicted molar refractivity (Wildman–Crippen MR) is 69.6 cm³/mol. The third-order valence-corrected chi connectivity index (χ3v) is 3.00. The van der Waals surface area contributed by atoms with Crippen molar-refractivity contribution >= 4 is 11.7 Å². The molecule has 0 aromatic carbocycles. The van der Waals surface area contributed by atoms with Gasteiger partial charge >= 0.3 is 5.97 Å². The molecule has 0 saturated carbocycles. The fourth-order valence-corrected chi connectivity index (χ4v) is 2.08. The van der Waals surface area contributed by atoms with Gasteiger partial charge in [-0.1, -0.05) is 0 Å². The Labute approximate surface area is 112 Å². The van der Waals surface area contributed by atoms with Gasteiger partial charge in [0.2, 0.25) is 0 Å². The summed E-state index contributed by atoms with van der Waals surface area (Å²) in [6, 6.07) is 5.09. The van der Waals surface area contributed by atoms with Gasteiger partial charge in [-0.2, -0.15) is 5.26 Å². The smallest absolute Gasteiger partial charge is 0.330 e. The Bertz CT molecular complexity index is 480. The zero-order valence-electron chi connectivity index (χ0n) is 10.8. The summed E-state index contributed by atoms with van der Waals surface area (Å²) >= 11 is 0.